The van der Waals surface area contributed by atoms with Crippen LogP contribution in [-0.4, -0.2) is 49.4 Å². The minimum Gasteiger partial charge on any atom is -0.380 e. The highest BCUT2D eigenvalue weighted by molar-refractivity contribution is 6.35. The van der Waals surface area contributed by atoms with Gasteiger partial charge in [0.2, 0.25) is 0 Å². The van der Waals surface area contributed by atoms with Crippen molar-refractivity contribution in [3.8, 4) is 0 Å². The number of nitrogens with one attached hydrogen (secondary N) is 3. The first-order valence-electron chi connectivity index (χ1n) is 10.9. The second-order valence-electron chi connectivity index (χ2n) is 8.66. The average Bonchev–Trinajstić information content (AvgIpc) is 3.40. The predicted molar refractivity (Wildman–Crippen MR) is 121 cm³/mol. The minimum atomic E-state index is -1.14. The Labute approximate surface area is 189 Å². The van der Waals surface area contributed by atoms with Crippen LogP contribution >= 0.6 is 11.6 Å². The maximum atomic E-state index is 13.2. The molecule has 0 bridgehead atoms. The Kier molecular flexibility index (Phi) is 5.35. The van der Waals surface area contributed by atoms with E-state index in [0.29, 0.717) is 45.8 Å². The number of ketones is 1. The molecular weight excluding hydrogens is 430 g/mol. The molecule has 3 aromatic rings. The SMILES string of the molecule is O=C(c1ccccc1Cl)c1c[nH]c2ncnc(N[C@H]3CC[C@@H](NC(=O)C4(O)CC4)CC3)c12. The number of hydrogen-bond donors (Lipinski definition) is 4. The van der Waals surface area contributed by atoms with Crippen molar-refractivity contribution < 1.29 is 14.7 Å². The molecule has 4 N–H and O–H groups in total. The fourth-order valence-corrected chi connectivity index (χ4v) is 4.50. The van der Waals surface area contributed by atoms with Crippen LogP contribution in [0.3, 0.4) is 0 Å². The number of aliphatic hydroxyl groups is 1. The van der Waals surface area contributed by atoms with E-state index in [-0.39, 0.29) is 23.8 Å². The lowest BCUT2D eigenvalue weighted by molar-refractivity contribution is -0.132. The van der Waals surface area contributed by atoms with E-state index in [1.54, 1.807) is 30.5 Å². The van der Waals surface area contributed by atoms with Crippen molar-refractivity contribution in [2.75, 3.05) is 5.32 Å². The van der Waals surface area contributed by atoms with E-state index >= 15 is 0 Å². The van der Waals surface area contributed by atoms with Crippen LogP contribution in [0.2, 0.25) is 5.02 Å². The molecule has 0 aliphatic heterocycles. The van der Waals surface area contributed by atoms with Gasteiger partial charge in [-0.25, -0.2) is 9.97 Å². The summed E-state index contributed by atoms with van der Waals surface area (Å²) in [6, 6.07) is 7.19. The third kappa shape index (κ3) is 3.96. The van der Waals surface area contributed by atoms with Gasteiger partial charge in [-0.15, -0.1) is 0 Å². The summed E-state index contributed by atoms with van der Waals surface area (Å²) in [6.07, 6.45) is 7.51. The zero-order chi connectivity index (χ0) is 22.3. The largest absolute Gasteiger partial charge is 0.380 e. The van der Waals surface area contributed by atoms with Gasteiger partial charge in [-0.1, -0.05) is 23.7 Å². The van der Waals surface area contributed by atoms with Crippen molar-refractivity contribution >= 4 is 40.1 Å². The Balaban J connectivity index is 1.31. The molecule has 32 heavy (non-hydrogen) atoms. The van der Waals surface area contributed by atoms with E-state index in [0.717, 1.165) is 25.7 Å². The number of hydrogen-bond acceptors (Lipinski definition) is 6. The Bertz CT molecular complexity index is 1180. The third-order valence-electron chi connectivity index (χ3n) is 6.38. The number of nitrogens with zero attached hydrogens (tertiary/aromatic N) is 2. The number of aromatic nitrogens is 3. The van der Waals surface area contributed by atoms with Gasteiger partial charge < -0.3 is 20.7 Å². The van der Waals surface area contributed by atoms with E-state index in [9.17, 15) is 14.7 Å². The fraction of sp³-hybridized carbons (Fsp3) is 0.391. The minimum absolute atomic E-state index is 0.0696. The van der Waals surface area contributed by atoms with Crippen LogP contribution in [0, 0.1) is 0 Å². The first-order valence-corrected chi connectivity index (χ1v) is 11.2. The van der Waals surface area contributed by atoms with Crippen LogP contribution in [0.4, 0.5) is 5.82 Å². The van der Waals surface area contributed by atoms with E-state index in [2.05, 4.69) is 25.6 Å². The Hall–Kier alpha value is -2.97. The van der Waals surface area contributed by atoms with Gasteiger partial charge in [0.1, 0.15) is 23.4 Å². The second-order valence-corrected chi connectivity index (χ2v) is 9.06. The molecule has 0 radical (unpaired) electrons. The molecule has 2 aliphatic carbocycles. The highest BCUT2D eigenvalue weighted by Gasteiger charge is 2.48. The molecule has 1 aromatic carbocycles. The van der Waals surface area contributed by atoms with Gasteiger partial charge in [0.05, 0.1) is 16.0 Å². The van der Waals surface area contributed by atoms with Crippen molar-refractivity contribution in [1.29, 1.82) is 0 Å². The van der Waals surface area contributed by atoms with Crippen LogP contribution < -0.4 is 10.6 Å². The van der Waals surface area contributed by atoms with Crippen molar-refractivity contribution in [1.82, 2.24) is 20.3 Å². The van der Waals surface area contributed by atoms with Crippen LogP contribution in [0.1, 0.15) is 54.4 Å². The van der Waals surface area contributed by atoms with Crippen molar-refractivity contribution in [2.45, 2.75) is 56.2 Å². The van der Waals surface area contributed by atoms with Crippen LogP contribution in [-0.2, 0) is 4.79 Å². The van der Waals surface area contributed by atoms with E-state index < -0.39 is 5.60 Å². The predicted octanol–water partition coefficient (Wildman–Crippen LogP) is 3.21. The molecule has 2 fully saturated rings. The number of carbonyl (C=O) groups excluding carboxylic acids is 2. The number of benzene rings is 1. The fourth-order valence-electron chi connectivity index (χ4n) is 4.28. The van der Waals surface area contributed by atoms with Crippen LogP contribution in [0.25, 0.3) is 11.0 Å². The topological polar surface area (TPSA) is 120 Å². The first kappa shape index (κ1) is 20.9. The molecule has 9 heteroatoms. The van der Waals surface area contributed by atoms with Crippen molar-refractivity contribution in [3.63, 3.8) is 0 Å². The molecule has 5 rings (SSSR count). The lowest BCUT2D eigenvalue weighted by Crippen LogP contribution is -2.45. The number of anilines is 1. The maximum Gasteiger partial charge on any atom is 0.252 e. The van der Waals surface area contributed by atoms with Gasteiger partial charge in [0.25, 0.3) is 5.91 Å². The quantitative estimate of drug-likeness (QED) is 0.425. The lowest BCUT2D eigenvalue weighted by Gasteiger charge is -2.30. The summed E-state index contributed by atoms with van der Waals surface area (Å²) in [5.41, 5.74) is 0.338. The average molecular weight is 454 g/mol. The summed E-state index contributed by atoms with van der Waals surface area (Å²) >= 11 is 6.24. The number of fused-ring (bicyclic) bond motifs is 1. The molecular formula is C23H24ClN5O3. The number of rotatable bonds is 6. The summed E-state index contributed by atoms with van der Waals surface area (Å²) in [4.78, 5) is 37.0. The second kappa shape index (κ2) is 8.18. The highest BCUT2D eigenvalue weighted by atomic mass is 35.5. The van der Waals surface area contributed by atoms with E-state index in [1.165, 1.54) is 6.33 Å². The normalized spacial score (nSPS) is 21.8. The van der Waals surface area contributed by atoms with Crippen molar-refractivity contribution in [3.05, 3.63) is 52.9 Å². The number of aromatic amines is 1. The number of carbonyl (C=O) groups is 2. The molecule has 2 heterocycles. The van der Waals surface area contributed by atoms with Gasteiger partial charge >= 0.3 is 0 Å². The summed E-state index contributed by atoms with van der Waals surface area (Å²) in [5.74, 6) is 0.164. The molecule has 2 aromatic heterocycles. The number of halogens is 1. The van der Waals surface area contributed by atoms with Crippen molar-refractivity contribution in [2.24, 2.45) is 0 Å². The highest BCUT2D eigenvalue weighted by Crippen LogP contribution is 2.36. The van der Waals surface area contributed by atoms with Gasteiger partial charge in [-0.2, -0.15) is 0 Å². The van der Waals surface area contributed by atoms with Gasteiger partial charge in [-0.3, -0.25) is 9.59 Å². The standard InChI is InChI=1S/C23H24ClN5O3/c24-17-4-2-1-3-15(17)19(30)16-11-25-20-18(16)21(27-12-26-20)28-13-5-7-14(8-6-13)29-22(31)23(32)9-10-23/h1-4,11-14,32H,5-10H2,(H,29,31)(H2,25,26,27,28)/t13-,14+. The molecule has 2 saturated carbocycles. The third-order valence-corrected chi connectivity index (χ3v) is 6.71. The molecule has 0 saturated heterocycles. The van der Waals surface area contributed by atoms with Gasteiger partial charge in [0.15, 0.2) is 5.78 Å². The summed E-state index contributed by atoms with van der Waals surface area (Å²) in [6.45, 7) is 0. The molecule has 166 valence electrons. The first-order chi connectivity index (χ1) is 15.4. The summed E-state index contributed by atoms with van der Waals surface area (Å²) in [7, 11) is 0. The van der Waals surface area contributed by atoms with Gasteiger partial charge in [0, 0.05) is 23.8 Å². The summed E-state index contributed by atoms with van der Waals surface area (Å²) < 4.78 is 0. The Morgan fingerprint density at radius 2 is 1.78 bits per heavy atom. The zero-order valence-corrected chi connectivity index (χ0v) is 18.2. The molecule has 0 atom stereocenters. The lowest BCUT2D eigenvalue weighted by atomic mass is 9.90. The molecule has 1 amide bonds. The molecule has 0 unspecified atom stereocenters. The summed E-state index contributed by atoms with van der Waals surface area (Å²) in [5, 5.41) is 17.4. The smallest absolute Gasteiger partial charge is 0.252 e. The molecule has 2 aliphatic rings. The Morgan fingerprint density at radius 1 is 1.06 bits per heavy atom. The van der Waals surface area contributed by atoms with Gasteiger partial charge in [-0.05, 0) is 50.7 Å². The van der Waals surface area contributed by atoms with Crippen LogP contribution in [0.5, 0.6) is 0 Å². The van der Waals surface area contributed by atoms with E-state index in [1.807, 2.05) is 0 Å². The van der Waals surface area contributed by atoms with E-state index in [4.69, 9.17) is 11.6 Å². The maximum absolute atomic E-state index is 13.2. The number of amides is 1. The number of H-pyrrole nitrogens is 1. The monoisotopic (exact) mass is 453 g/mol. The molecule has 8 nitrogen and oxygen atoms in total. The Morgan fingerprint density at radius 3 is 2.50 bits per heavy atom. The molecule has 0 spiro atoms. The zero-order valence-electron chi connectivity index (χ0n) is 17.4. The van der Waals surface area contributed by atoms with Crippen LogP contribution in [0.15, 0.2) is 36.8 Å².